The first-order chi connectivity index (χ1) is 6.50. The molecule has 1 heterocycles. The van der Waals surface area contributed by atoms with Crippen molar-refractivity contribution in [2.75, 3.05) is 0 Å². The van der Waals surface area contributed by atoms with Crippen molar-refractivity contribution in [2.24, 2.45) is 5.73 Å². The van der Waals surface area contributed by atoms with Crippen molar-refractivity contribution < 1.29 is 9.90 Å². The molecule has 0 saturated heterocycles. The summed E-state index contributed by atoms with van der Waals surface area (Å²) in [5.74, 6) is -0.911. The van der Waals surface area contributed by atoms with Crippen molar-refractivity contribution >= 4 is 21.9 Å². The first-order valence-corrected chi connectivity index (χ1v) is 4.89. The number of halogens is 1. The number of hydrogen-bond acceptors (Lipinski definition) is 3. The largest absolute Gasteiger partial charge is 0.481 e. The van der Waals surface area contributed by atoms with E-state index < -0.39 is 12.0 Å². The van der Waals surface area contributed by atoms with E-state index in [0.717, 1.165) is 11.1 Å². The molecule has 0 aromatic carbocycles. The molecule has 0 fully saturated rings. The molecule has 0 aliphatic heterocycles. The molecule has 0 amide bonds. The van der Waals surface area contributed by atoms with Gasteiger partial charge in [0.15, 0.2) is 0 Å². The molecular formula is C9H11BrN2O2. The maximum atomic E-state index is 10.5. The Hall–Kier alpha value is -0.940. The first kappa shape index (κ1) is 11.1. The summed E-state index contributed by atoms with van der Waals surface area (Å²) >= 11 is 3.24. The Balaban J connectivity index is 2.93. The van der Waals surface area contributed by atoms with E-state index in [2.05, 4.69) is 20.9 Å². The number of hydrogen-bond donors (Lipinski definition) is 2. The molecular weight excluding hydrogens is 248 g/mol. The third-order valence-corrected chi connectivity index (χ3v) is 2.46. The standard InChI is InChI=1S/C9H11BrN2O2/c1-5-2-6(9(10)12-4-5)7(11)3-8(13)14/h2,4,7H,3,11H2,1H3,(H,13,14)/t7-/m0/s1. The number of aromatic nitrogens is 1. The molecule has 0 unspecified atom stereocenters. The van der Waals surface area contributed by atoms with E-state index in [1.807, 2.05) is 13.0 Å². The predicted octanol–water partition coefficient (Wildman–Crippen LogP) is 1.63. The van der Waals surface area contributed by atoms with Crippen LogP contribution in [0.15, 0.2) is 16.9 Å². The summed E-state index contributed by atoms with van der Waals surface area (Å²) in [6.45, 7) is 1.89. The third-order valence-electron chi connectivity index (χ3n) is 1.80. The fourth-order valence-corrected chi connectivity index (χ4v) is 1.64. The lowest BCUT2D eigenvalue weighted by molar-refractivity contribution is -0.137. The molecule has 76 valence electrons. The lowest BCUT2D eigenvalue weighted by atomic mass is 10.1. The number of nitrogens with zero attached hydrogens (tertiary/aromatic N) is 1. The quantitative estimate of drug-likeness (QED) is 0.809. The zero-order valence-electron chi connectivity index (χ0n) is 7.70. The van der Waals surface area contributed by atoms with Gasteiger partial charge in [-0.05, 0) is 28.4 Å². The second kappa shape index (κ2) is 4.52. The van der Waals surface area contributed by atoms with Gasteiger partial charge in [0.1, 0.15) is 4.60 Å². The van der Waals surface area contributed by atoms with E-state index in [9.17, 15) is 4.79 Å². The summed E-state index contributed by atoms with van der Waals surface area (Å²) in [5, 5.41) is 8.59. The minimum absolute atomic E-state index is 0.0935. The number of aliphatic carboxylic acids is 1. The SMILES string of the molecule is Cc1cnc(Br)c([C@@H](N)CC(=O)O)c1. The monoisotopic (exact) mass is 258 g/mol. The van der Waals surface area contributed by atoms with Crippen LogP contribution in [-0.4, -0.2) is 16.1 Å². The van der Waals surface area contributed by atoms with Gasteiger partial charge >= 0.3 is 5.97 Å². The highest BCUT2D eigenvalue weighted by molar-refractivity contribution is 9.10. The van der Waals surface area contributed by atoms with Gasteiger partial charge in [-0.3, -0.25) is 4.79 Å². The number of carboxylic acid groups (broad SMARTS) is 1. The van der Waals surface area contributed by atoms with Crippen molar-refractivity contribution in [3.8, 4) is 0 Å². The van der Waals surface area contributed by atoms with Crippen LogP contribution in [0.1, 0.15) is 23.6 Å². The highest BCUT2D eigenvalue weighted by atomic mass is 79.9. The average molecular weight is 259 g/mol. The second-order valence-electron chi connectivity index (χ2n) is 3.10. The summed E-state index contributed by atoms with van der Waals surface area (Å²) < 4.78 is 0.608. The maximum Gasteiger partial charge on any atom is 0.305 e. The number of aryl methyl sites for hydroxylation is 1. The van der Waals surface area contributed by atoms with E-state index in [1.54, 1.807) is 6.20 Å². The molecule has 0 spiro atoms. The van der Waals surface area contributed by atoms with E-state index >= 15 is 0 Å². The van der Waals surface area contributed by atoms with Crippen LogP contribution in [-0.2, 0) is 4.79 Å². The van der Waals surface area contributed by atoms with Gasteiger partial charge in [-0.15, -0.1) is 0 Å². The molecule has 0 saturated carbocycles. The van der Waals surface area contributed by atoms with E-state index in [0.29, 0.717) is 4.60 Å². The van der Waals surface area contributed by atoms with Gasteiger partial charge in [0, 0.05) is 17.8 Å². The van der Waals surface area contributed by atoms with E-state index in [1.165, 1.54) is 0 Å². The Kier molecular flexibility index (Phi) is 3.60. The number of rotatable bonds is 3. The Morgan fingerprint density at radius 1 is 1.79 bits per heavy atom. The summed E-state index contributed by atoms with van der Waals surface area (Å²) in [7, 11) is 0. The summed E-state index contributed by atoms with van der Waals surface area (Å²) in [5.41, 5.74) is 7.41. The summed E-state index contributed by atoms with van der Waals surface area (Å²) in [6.07, 6.45) is 1.60. The summed E-state index contributed by atoms with van der Waals surface area (Å²) in [6, 6.07) is 1.32. The summed E-state index contributed by atoms with van der Waals surface area (Å²) in [4.78, 5) is 14.5. The van der Waals surface area contributed by atoms with Gasteiger partial charge in [0.25, 0.3) is 0 Å². The van der Waals surface area contributed by atoms with Crippen molar-refractivity contribution in [3.05, 3.63) is 28.0 Å². The molecule has 4 nitrogen and oxygen atoms in total. The Morgan fingerprint density at radius 3 is 3.00 bits per heavy atom. The second-order valence-corrected chi connectivity index (χ2v) is 3.85. The van der Waals surface area contributed by atoms with Crippen LogP contribution in [0, 0.1) is 6.92 Å². The predicted molar refractivity (Wildman–Crippen MR) is 55.9 cm³/mol. The normalized spacial score (nSPS) is 12.5. The minimum atomic E-state index is -0.911. The van der Waals surface area contributed by atoms with Gasteiger partial charge in [-0.2, -0.15) is 0 Å². The highest BCUT2D eigenvalue weighted by Gasteiger charge is 2.14. The Bertz CT molecular complexity index is 355. The molecule has 1 rings (SSSR count). The molecule has 1 aromatic heterocycles. The van der Waals surface area contributed by atoms with E-state index in [-0.39, 0.29) is 6.42 Å². The van der Waals surface area contributed by atoms with Gasteiger partial charge < -0.3 is 10.8 Å². The smallest absolute Gasteiger partial charge is 0.305 e. The zero-order chi connectivity index (χ0) is 10.7. The molecule has 1 atom stereocenters. The van der Waals surface area contributed by atoms with Crippen molar-refractivity contribution in [1.82, 2.24) is 4.98 Å². The molecule has 0 radical (unpaired) electrons. The van der Waals surface area contributed by atoms with Gasteiger partial charge in [-0.25, -0.2) is 4.98 Å². The third kappa shape index (κ3) is 2.78. The Labute approximate surface area is 90.3 Å². The van der Waals surface area contributed by atoms with Crippen molar-refractivity contribution in [2.45, 2.75) is 19.4 Å². The molecule has 14 heavy (non-hydrogen) atoms. The zero-order valence-corrected chi connectivity index (χ0v) is 9.28. The van der Waals surface area contributed by atoms with Gasteiger partial charge in [0.05, 0.1) is 6.42 Å². The lowest BCUT2D eigenvalue weighted by Crippen LogP contribution is -2.16. The maximum absolute atomic E-state index is 10.5. The van der Waals surface area contributed by atoms with Crippen molar-refractivity contribution in [3.63, 3.8) is 0 Å². The van der Waals surface area contributed by atoms with Gasteiger partial charge in [-0.1, -0.05) is 6.07 Å². The van der Waals surface area contributed by atoms with Crippen LogP contribution in [0.3, 0.4) is 0 Å². The van der Waals surface area contributed by atoms with Gasteiger partial charge in [0.2, 0.25) is 0 Å². The lowest BCUT2D eigenvalue weighted by Gasteiger charge is -2.11. The molecule has 0 bridgehead atoms. The highest BCUT2D eigenvalue weighted by Crippen LogP contribution is 2.22. The van der Waals surface area contributed by atoms with Crippen LogP contribution >= 0.6 is 15.9 Å². The number of nitrogens with two attached hydrogens (primary N) is 1. The fourth-order valence-electron chi connectivity index (χ4n) is 1.13. The Morgan fingerprint density at radius 2 is 2.43 bits per heavy atom. The number of pyridine rings is 1. The molecule has 3 N–H and O–H groups in total. The molecule has 1 aromatic rings. The van der Waals surface area contributed by atoms with Crippen molar-refractivity contribution in [1.29, 1.82) is 0 Å². The molecule has 0 aliphatic carbocycles. The van der Waals surface area contributed by atoms with Crippen LogP contribution in [0.2, 0.25) is 0 Å². The molecule has 5 heteroatoms. The molecule has 0 aliphatic rings. The first-order valence-electron chi connectivity index (χ1n) is 4.10. The fraction of sp³-hybridized carbons (Fsp3) is 0.333. The topological polar surface area (TPSA) is 76.2 Å². The van der Waals surface area contributed by atoms with E-state index in [4.69, 9.17) is 10.8 Å². The van der Waals surface area contributed by atoms with Crippen LogP contribution in [0.5, 0.6) is 0 Å². The van der Waals surface area contributed by atoms with Crippen LogP contribution in [0.4, 0.5) is 0 Å². The number of carbonyl (C=O) groups is 1. The van der Waals surface area contributed by atoms with Crippen LogP contribution in [0.25, 0.3) is 0 Å². The van der Waals surface area contributed by atoms with Crippen LogP contribution < -0.4 is 5.73 Å². The number of carboxylic acids is 1. The average Bonchev–Trinajstić information content (AvgIpc) is 2.08. The minimum Gasteiger partial charge on any atom is -0.481 e.